The van der Waals surface area contributed by atoms with Gasteiger partial charge in [-0.25, -0.2) is 8.42 Å². The van der Waals surface area contributed by atoms with Gasteiger partial charge in [0.1, 0.15) is 11.5 Å². The molecule has 0 spiro atoms. The average Bonchev–Trinajstić information content (AvgIpc) is 2.69. The van der Waals surface area contributed by atoms with Gasteiger partial charge in [0.2, 0.25) is 11.8 Å². The summed E-state index contributed by atoms with van der Waals surface area (Å²) in [5.41, 5.74) is 2.51. The van der Waals surface area contributed by atoms with Crippen molar-refractivity contribution in [3.63, 3.8) is 0 Å². The van der Waals surface area contributed by atoms with Crippen LogP contribution in [0.15, 0.2) is 48.5 Å². The second kappa shape index (κ2) is 9.49. The van der Waals surface area contributed by atoms with Crippen molar-refractivity contribution in [1.82, 2.24) is 4.90 Å². The second-order valence-electron chi connectivity index (χ2n) is 7.29. The number of nitrogens with one attached hydrogen (secondary N) is 1. The van der Waals surface area contributed by atoms with E-state index in [0.29, 0.717) is 36.9 Å². The molecule has 0 unspecified atom stereocenters. The van der Waals surface area contributed by atoms with Gasteiger partial charge in [0.05, 0.1) is 0 Å². The molecule has 0 aliphatic carbocycles. The summed E-state index contributed by atoms with van der Waals surface area (Å²) in [6.45, 7) is 3.91. The van der Waals surface area contributed by atoms with Gasteiger partial charge in [-0.05, 0) is 37.3 Å². The molecule has 0 atom stereocenters. The van der Waals surface area contributed by atoms with Crippen LogP contribution in [0.5, 0.6) is 0 Å². The molecule has 0 bridgehead atoms. The number of carbonyl (C=O) groups excluding carboxylic acids is 2. The fourth-order valence-corrected chi connectivity index (χ4v) is 4.57. The number of rotatable bonds is 6. The van der Waals surface area contributed by atoms with Crippen molar-refractivity contribution in [3.8, 4) is 0 Å². The molecular formula is C21H24ClN3O4S. The van der Waals surface area contributed by atoms with Crippen molar-refractivity contribution >= 4 is 44.6 Å². The highest BCUT2D eigenvalue weighted by Gasteiger charge is 2.27. The normalized spacial score (nSPS) is 14.5. The molecule has 9 heteroatoms. The molecule has 1 aliphatic rings. The number of piperazine rings is 1. The molecule has 2 aromatic carbocycles. The zero-order valence-corrected chi connectivity index (χ0v) is 18.2. The molecule has 0 aromatic heterocycles. The van der Waals surface area contributed by atoms with E-state index in [9.17, 15) is 18.0 Å². The number of nitrogens with zero attached hydrogens (tertiary/aromatic N) is 2. The zero-order valence-electron chi connectivity index (χ0n) is 16.7. The first-order valence-corrected chi connectivity index (χ1v) is 11.8. The van der Waals surface area contributed by atoms with Crippen LogP contribution >= 0.6 is 11.6 Å². The maximum Gasteiger partial charge on any atom is 0.239 e. The van der Waals surface area contributed by atoms with Gasteiger partial charge >= 0.3 is 0 Å². The first-order chi connectivity index (χ1) is 14.2. The van der Waals surface area contributed by atoms with E-state index in [1.807, 2.05) is 37.3 Å². The van der Waals surface area contributed by atoms with Gasteiger partial charge < -0.3 is 15.1 Å². The number of aryl methyl sites for hydroxylation is 1. The minimum Gasteiger partial charge on any atom is -0.368 e. The Labute approximate surface area is 181 Å². The zero-order chi connectivity index (χ0) is 21.7. The number of carbonyl (C=O) groups is 2. The Morgan fingerprint density at radius 1 is 1.00 bits per heavy atom. The minimum atomic E-state index is -3.86. The maximum atomic E-state index is 12.5. The minimum absolute atomic E-state index is 0.413. The van der Waals surface area contributed by atoms with Crippen molar-refractivity contribution in [2.75, 3.05) is 47.9 Å². The van der Waals surface area contributed by atoms with E-state index >= 15 is 0 Å². The van der Waals surface area contributed by atoms with Crippen molar-refractivity contribution in [3.05, 3.63) is 59.1 Å². The standard InChI is InChI=1S/C21H24ClN3O4S/c1-16-5-7-18(8-6-16)23-20(26)14-30(28,29)15-21(27)25-11-9-24(10-12-25)19-4-2-3-17(22)13-19/h2-8,13H,9-12,14-15H2,1H3,(H,23,26). The van der Waals surface area contributed by atoms with Crippen LogP contribution in [-0.4, -0.2) is 62.8 Å². The van der Waals surface area contributed by atoms with E-state index in [2.05, 4.69) is 10.2 Å². The fourth-order valence-electron chi connectivity index (χ4n) is 3.25. The van der Waals surface area contributed by atoms with E-state index in [4.69, 9.17) is 11.6 Å². The molecule has 160 valence electrons. The Hall–Kier alpha value is -2.58. The highest BCUT2D eigenvalue weighted by atomic mass is 35.5. The third-order valence-electron chi connectivity index (χ3n) is 4.84. The van der Waals surface area contributed by atoms with Gasteiger partial charge in [-0.3, -0.25) is 9.59 Å². The Bertz CT molecular complexity index is 1020. The highest BCUT2D eigenvalue weighted by molar-refractivity contribution is 7.92. The summed E-state index contributed by atoms with van der Waals surface area (Å²) < 4.78 is 24.7. The van der Waals surface area contributed by atoms with Crippen molar-refractivity contribution in [2.24, 2.45) is 0 Å². The molecule has 1 fully saturated rings. The Morgan fingerprint density at radius 2 is 1.67 bits per heavy atom. The topological polar surface area (TPSA) is 86.8 Å². The smallest absolute Gasteiger partial charge is 0.239 e. The van der Waals surface area contributed by atoms with Gasteiger partial charge in [-0.2, -0.15) is 0 Å². The Kier molecular flexibility index (Phi) is 6.99. The lowest BCUT2D eigenvalue weighted by Crippen LogP contribution is -2.50. The quantitative estimate of drug-likeness (QED) is 0.731. The summed E-state index contributed by atoms with van der Waals surface area (Å²) in [4.78, 5) is 28.1. The van der Waals surface area contributed by atoms with Crippen molar-refractivity contribution in [1.29, 1.82) is 0 Å². The summed E-state index contributed by atoms with van der Waals surface area (Å²) in [5, 5.41) is 3.19. The molecule has 0 saturated carbocycles. The van der Waals surface area contributed by atoms with Crippen LogP contribution in [0.2, 0.25) is 5.02 Å². The molecule has 2 aromatic rings. The number of halogens is 1. The number of sulfone groups is 1. The lowest BCUT2D eigenvalue weighted by atomic mass is 10.2. The number of benzene rings is 2. The predicted octanol–water partition coefficient (Wildman–Crippen LogP) is 2.35. The van der Waals surface area contributed by atoms with Gasteiger partial charge in [0, 0.05) is 42.6 Å². The van der Waals surface area contributed by atoms with Crippen LogP contribution in [0.1, 0.15) is 5.56 Å². The van der Waals surface area contributed by atoms with E-state index in [1.165, 1.54) is 4.90 Å². The van der Waals surface area contributed by atoms with Crippen LogP contribution in [0, 0.1) is 6.92 Å². The average molecular weight is 450 g/mol. The van der Waals surface area contributed by atoms with E-state index in [0.717, 1.165) is 11.3 Å². The largest absolute Gasteiger partial charge is 0.368 e. The van der Waals surface area contributed by atoms with E-state index < -0.39 is 33.2 Å². The third kappa shape index (κ3) is 6.21. The lowest BCUT2D eigenvalue weighted by molar-refractivity contribution is -0.128. The summed E-state index contributed by atoms with van der Waals surface area (Å²) in [5.74, 6) is -2.54. The van der Waals surface area contributed by atoms with Crippen LogP contribution in [0.4, 0.5) is 11.4 Å². The van der Waals surface area contributed by atoms with Crippen LogP contribution in [0.3, 0.4) is 0 Å². The molecule has 1 aliphatic heterocycles. The summed E-state index contributed by atoms with van der Waals surface area (Å²) in [7, 11) is -3.86. The number of amides is 2. The van der Waals surface area contributed by atoms with Crippen molar-refractivity contribution in [2.45, 2.75) is 6.92 Å². The Balaban J connectivity index is 1.50. The van der Waals surface area contributed by atoms with E-state index in [-0.39, 0.29) is 0 Å². The number of hydrogen-bond donors (Lipinski definition) is 1. The van der Waals surface area contributed by atoms with Gasteiger partial charge in [-0.1, -0.05) is 35.4 Å². The maximum absolute atomic E-state index is 12.5. The Morgan fingerprint density at radius 3 is 2.30 bits per heavy atom. The molecule has 3 rings (SSSR count). The first kappa shape index (κ1) is 22.1. The molecular weight excluding hydrogens is 426 g/mol. The molecule has 30 heavy (non-hydrogen) atoms. The first-order valence-electron chi connectivity index (χ1n) is 9.57. The van der Waals surface area contributed by atoms with Crippen molar-refractivity contribution < 1.29 is 18.0 Å². The van der Waals surface area contributed by atoms with Gasteiger partial charge in [0.15, 0.2) is 9.84 Å². The monoisotopic (exact) mass is 449 g/mol. The summed E-state index contributed by atoms with van der Waals surface area (Å²) in [6.07, 6.45) is 0. The SMILES string of the molecule is Cc1ccc(NC(=O)CS(=O)(=O)CC(=O)N2CCN(c3cccc(Cl)c3)CC2)cc1. The van der Waals surface area contributed by atoms with Crippen LogP contribution in [-0.2, 0) is 19.4 Å². The lowest BCUT2D eigenvalue weighted by Gasteiger charge is -2.36. The second-order valence-corrected chi connectivity index (χ2v) is 9.80. The third-order valence-corrected chi connectivity index (χ3v) is 6.46. The van der Waals surface area contributed by atoms with E-state index in [1.54, 1.807) is 18.2 Å². The number of hydrogen-bond acceptors (Lipinski definition) is 5. The molecule has 1 heterocycles. The molecule has 2 amide bonds. The molecule has 7 nitrogen and oxygen atoms in total. The fraction of sp³-hybridized carbons (Fsp3) is 0.333. The van der Waals surface area contributed by atoms with Gasteiger partial charge in [0.25, 0.3) is 0 Å². The molecule has 1 saturated heterocycles. The van der Waals surface area contributed by atoms with Gasteiger partial charge in [-0.15, -0.1) is 0 Å². The molecule has 1 N–H and O–H groups in total. The number of anilines is 2. The van der Waals surface area contributed by atoms with Crippen LogP contribution in [0.25, 0.3) is 0 Å². The summed E-state index contributed by atoms with van der Waals surface area (Å²) in [6, 6.07) is 14.5. The molecule has 0 radical (unpaired) electrons. The van der Waals surface area contributed by atoms with Crippen LogP contribution < -0.4 is 10.2 Å². The summed E-state index contributed by atoms with van der Waals surface area (Å²) >= 11 is 6.02. The highest BCUT2D eigenvalue weighted by Crippen LogP contribution is 2.21. The predicted molar refractivity (Wildman–Crippen MR) is 119 cm³/mol.